The molecule has 3 N–H and O–H groups in total. The zero-order valence-electron chi connectivity index (χ0n) is 19.1. The Balaban J connectivity index is 1.90. The highest BCUT2D eigenvalue weighted by molar-refractivity contribution is 6.21. The molecule has 2 heterocycles. The molecule has 0 aliphatic carbocycles. The topological polar surface area (TPSA) is 117 Å². The Morgan fingerprint density at radius 2 is 1.65 bits per heavy atom. The van der Waals surface area contributed by atoms with Crippen LogP contribution < -0.4 is 11.1 Å². The number of allylic oxidation sites excluding steroid dienone is 1. The summed E-state index contributed by atoms with van der Waals surface area (Å²) in [5.74, 6) is -2.28. The van der Waals surface area contributed by atoms with Crippen molar-refractivity contribution in [1.29, 1.82) is 0 Å². The van der Waals surface area contributed by atoms with Crippen LogP contribution in [-0.4, -0.2) is 24.5 Å². The van der Waals surface area contributed by atoms with Crippen LogP contribution in [0.3, 0.4) is 0 Å². The predicted octanol–water partition coefficient (Wildman–Crippen LogP) is 3.44. The fourth-order valence-corrected chi connectivity index (χ4v) is 4.43. The number of carbonyl (C=O) groups excluding carboxylic acids is 3. The fourth-order valence-electron chi connectivity index (χ4n) is 4.43. The van der Waals surface area contributed by atoms with Gasteiger partial charge in [0.2, 0.25) is 11.8 Å². The van der Waals surface area contributed by atoms with Crippen molar-refractivity contribution in [2.75, 3.05) is 11.9 Å². The molecule has 2 aromatic rings. The van der Waals surface area contributed by atoms with Crippen molar-refractivity contribution in [3.8, 4) is 0 Å². The Hall–Kier alpha value is -4.07. The smallest absolute Gasteiger partial charge is 0.341 e. The van der Waals surface area contributed by atoms with Crippen molar-refractivity contribution in [2.24, 2.45) is 5.73 Å². The van der Waals surface area contributed by atoms with Gasteiger partial charge in [0.05, 0.1) is 6.61 Å². The van der Waals surface area contributed by atoms with Gasteiger partial charge in [-0.1, -0.05) is 55.5 Å². The van der Waals surface area contributed by atoms with Crippen LogP contribution in [0.5, 0.6) is 0 Å². The Bertz CT molecular complexity index is 1200. The van der Waals surface area contributed by atoms with Gasteiger partial charge in [0.1, 0.15) is 28.9 Å². The molecule has 1 amide bonds. The van der Waals surface area contributed by atoms with Gasteiger partial charge in [0, 0.05) is 17.7 Å². The van der Waals surface area contributed by atoms with E-state index in [0.717, 1.165) is 5.56 Å². The third-order valence-electron chi connectivity index (χ3n) is 5.80. The molecule has 34 heavy (non-hydrogen) atoms. The second-order valence-corrected chi connectivity index (χ2v) is 7.92. The average molecular weight is 463 g/mol. The summed E-state index contributed by atoms with van der Waals surface area (Å²) < 4.78 is 16.7. The van der Waals surface area contributed by atoms with E-state index in [9.17, 15) is 14.4 Å². The molecule has 0 bridgehead atoms. The van der Waals surface area contributed by atoms with Crippen LogP contribution in [0.25, 0.3) is 0 Å². The van der Waals surface area contributed by atoms with Crippen molar-refractivity contribution in [3.63, 3.8) is 0 Å². The van der Waals surface area contributed by atoms with Crippen molar-refractivity contribution in [2.45, 2.75) is 38.7 Å². The van der Waals surface area contributed by atoms with E-state index >= 15 is 0 Å². The molecule has 4 rings (SSSR count). The quantitative estimate of drug-likeness (QED) is 0.606. The summed E-state index contributed by atoms with van der Waals surface area (Å²) in [4.78, 5) is 40.5. The molecule has 1 spiro atoms. The predicted molar refractivity (Wildman–Crippen MR) is 124 cm³/mol. The number of hydrogen-bond acceptors (Lipinski definition) is 7. The van der Waals surface area contributed by atoms with Crippen LogP contribution >= 0.6 is 0 Å². The zero-order valence-corrected chi connectivity index (χ0v) is 19.1. The highest BCUT2D eigenvalue weighted by atomic mass is 16.5. The molecule has 8 heteroatoms. The molecule has 1 atom stereocenters. The fraction of sp³-hybridized carbons (Fsp3) is 0.269. The number of amides is 1. The van der Waals surface area contributed by atoms with Crippen LogP contribution in [0.2, 0.25) is 0 Å². The number of nitrogens with one attached hydrogen (secondary N) is 1. The first-order valence-electron chi connectivity index (χ1n) is 11.2. The van der Waals surface area contributed by atoms with Gasteiger partial charge in [-0.05, 0) is 25.0 Å². The molecule has 0 unspecified atom stereocenters. The number of nitrogens with two attached hydrogens (primary N) is 1. The zero-order chi connectivity index (χ0) is 24.3. The van der Waals surface area contributed by atoms with Crippen LogP contribution in [0.15, 0.2) is 77.4 Å². The average Bonchev–Trinajstić information content (AvgIpc) is 3.10. The van der Waals surface area contributed by atoms with E-state index < -0.39 is 23.3 Å². The monoisotopic (exact) mass is 462 g/mol. The summed E-state index contributed by atoms with van der Waals surface area (Å²) in [6.07, 6.45) is 0.928. The number of hydrogen-bond donors (Lipinski definition) is 2. The largest absolute Gasteiger partial charge is 0.462 e. The third kappa shape index (κ3) is 3.71. The van der Waals surface area contributed by atoms with E-state index in [1.807, 2.05) is 25.1 Å². The number of anilines is 1. The first-order chi connectivity index (χ1) is 16.4. The van der Waals surface area contributed by atoms with Crippen LogP contribution in [0.1, 0.15) is 37.8 Å². The lowest BCUT2D eigenvalue weighted by atomic mass is 9.67. The van der Waals surface area contributed by atoms with Gasteiger partial charge in [-0.25, -0.2) is 9.59 Å². The Morgan fingerprint density at radius 3 is 2.35 bits per heavy atom. The van der Waals surface area contributed by atoms with Gasteiger partial charge in [0.15, 0.2) is 0 Å². The molecular formula is C26H26N2O6. The molecular weight excluding hydrogens is 436 g/mol. The van der Waals surface area contributed by atoms with Gasteiger partial charge < -0.3 is 25.3 Å². The Labute approximate surface area is 197 Å². The SMILES string of the molecule is CCCC1=C(C(=O)OCC)[C@]2(C(=O)Nc3ccccc32)C(C(=O)OCc2ccccc2)=C(N)O1. The number of rotatable bonds is 7. The highest BCUT2D eigenvalue weighted by Gasteiger charge is 2.62. The molecule has 0 fully saturated rings. The van der Waals surface area contributed by atoms with E-state index in [2.05, 4.69) is 5.32 Å². The van der Waals surface area contributed by atoms with Crippen molar-refractivity contribution in [3.05, 3.63) is 88.5 Å². The summed E-state index contributed by atoms with van der Waals surface area (Å²) in [5.41, 5.74) is 5.75. The summed E-state index contributed by atoms with van der Waals surface area (Å²) in [7, 11) is 0. The van der Waals surface area contributed by atoms with E-state index in [1.54, 1.807) is 43.3 Å². The molecule has 2 aliphatic heterocycles. The van der Waals surface area contributed by atoms with Gasteiger partial charge in [-0.3, -0.25) is 4.79 Å². The van der Waals surface area contributed by atoms with Gasteiger partial charge in [-0.2, -0.15) is 0 Å². The molecule has 176 valence electrons. The first-order valence-corrected chi connectivity index (χ1v) is 11.2. The minimum absolute atomic E-state index is 0.0456. The number of fused-ring (bicyclic) bond motifs is 2. The summed E-state index contributed by atoms with van der Waals surface area (Å²) >= 11 is 0. The number of para-hydroxylation sites is 1. The lowest BCUT2D eigenvalue weighted by molar-refractivity contribution is -0.144. The Morgan fingerprint density at radius 1 is 0.971 bits per heavy atom. The molecule has 0 saturated heterocycles. The number of carbonyl (C=O) groups is 3. The van der Waals surface area contributed by atoms with E-state index in [1.165, 1.54) is 0 Å². The molecule has 8 nitrogen and oxygen atoms in total. The maximum Gasteiger partial charge on any atom is 0.341 e. The minimum atomic E-state index is -1.86. The van der Waals surface area contributed by atoms with Gasteiger partial charge >= 0.3 is 11.9 Å². The number of ether oxygens (including phenoxy) is 3. The summed E-state index contributed by atoms with van der Waals surface area (Å²) in [6.45, 7) is 3.60. The molecule has 0 aromatic heterocycles. The van der Waals surface area contributed by atoms with Crippen LogP contribution in [-0.2, 0) is 40.6 Å². The lowest BCUT2D eigenvalue weighted by Gasteiger charge is -2.36. The van der Waals surface area contributed by atoms with Gasteiger partial charge in [0.25, 0.3) is 0 Å². The van der Waals surface area contributed by atoms with Crippen molar-refractivity contribution >= 4 is 23.5 Å². The van der Waals surface area contributed by atoms with E-state index in [4.69, 9.17) is 19.9 Å². The number of esters is 2. The second-order valence-electron chi connectivity index (χ2n) is 7.92. The molecule has 0 saturated carbocycles. The molecule has 0 radical (unpaired) electrons. The highest BCUT2D eigenvalue weighted by Crippen LogP contribution is 2.53. The standard InChI is InChI=1S/C26H26N2O6/c1-3-10-19-20(23(29)32-4-2)26(17-13-8-9-14-18(17)28-25(26)31)21(22(27)34-19)24(30)33-15-16-11-6-5-7-12-16/h5-9,11-14H,3-4,10,15,27H2,1-2H3,(H,28,31)/t26-/m0/s1. The Kier molecular flexibility index (Phi) is 6.40. The normalized spacial score (nSPS) is 18.9. The minimum Gasteiger partial charge on any atom is -0.462 e. The van der Waals surface area contributed by atoms with Crippen molar-refractivity contribution < 1.29 is 28.6 Å². The molecule has 2 aromatic carbocycles. The third-order valence-corrected chi connectivity index (χ3v) is 5.80. The second kappa shape index (κ2) is 9.43. The number of benzene rings is 2. The summed E-state index contributed by atoms with van der Waals surface area (Å²) in [5, 5.41) is 2.79. The first kappa shape index (κ1) is 23.1. The molecule has 2 aliphatic rings. The summed E-state index contributed by atoms with van der Waals surface area (Å²) in [6, 6.07) is 15.9. The van der Waals surface area contributed by atoms with E-state index in [0.29, 0.717) is 24.1 Å². The van der Waals surface area contributed by atoms with Gasteiger partial charge in [-0.15, -0.1) is 0 Å². The van der Waals surface area contributed by atoms with Crippen molar-refractivity contribution in [1.82, 2.24) is 0 Å². The van der Waals surface area contributed by atoms with E-state index in [-0.39, 0.29) is 36.0 Å². The maximum absolute atomic E-state index is 13.7. The maximum atomic E-state index is 13.7. The van der Waals surface area contributed by atoms with Crippen LogP contribution in [0, 0.1) is 0 Å². The lowest BCUT2D eigenvalue weighted by Crippen LogP contribution is -2.48. The van der Waals surface area contributed by atoms with Crippen LogP contribution in [0.4, 0.5) is 5.69 Å².